The maximum Gasteiger partial charge on any atom is 0.160 e. The van der Waals surface area contributed by atoms with Gasteiger partial charge < -0.3 is 8.83 Å². The fourth-order valence-electron chi connectivity index (χ4n) is 8.23. The molecule has 6 nitrogen and oxygen atoms in total. The molecule has 0 aliphatic heterocycles. The molecule has 0 bridgehead atoms. The lowest BCUT2D eigenvalue weighted by Gasteiger charge is -2.13. The molecule has 12 rings (SSSR count). The van der Waals surface area contributed by atoms with Crippen molar-refractivity contribution in [2.24, 2.45) is 0 Å². The quantitative estimate of drug-likeness (QED) is 0.163. The highest BCUT2D eigenvalue weighted by atomic mass is 16.3. The highest BCUT2D eigenvalue weighted by Crippen LogP contribution is 2.39. The minimum atomic E-state index is 0.621. The van der Waals surface area contributed by atoms with Gasteiger partial charge in [-0.25, -0.2) is 15.0 Å². The van der Waals surface area contributed by atoms with E-state index in [4.69, 9.17) is 28.8 Å². The van der Waals surface area contributed by atoms with Gasteiger partial charge in [-0.3, -0.25) is 4.98 Å². The van der Waals surface area contributed by atoms with Gasteiger partial charge in [0.1, 0.15) is 22.3 Å². The third-order valence-corrected chi connectivity index (χ3v) is 11.1. The molecule has 5 aromatic heterocycles. The summed E-state index contributed by atoms with van der Waals surface area (Å²) in [5, 5.41) is 6.40. The Morgan fingerprint density at radius 1 is 0.310 bits per heavy atom. The summed E-state index contributed by atoms with van der Waals surface area (Å²) in [5.74, 6) is 0.621. The molecule has 0 radical (unpaired) electrons. The van der Waals surface area contributed by atoms with E-state index in [0.29, 0.717) is 5.82 Å². The highest BCUT2D eigenvalue weighted by molar-refractivity contribution is 6.08. The van der Waals surface area contributed by atoms with Crippen LogP contribution in [0, 0.1) is 0 Å². The van der Waals surface area contributed by atoms with Crippen LogP contribution in [0.15, 0.2) is 191 Å². The van der Waals surface area contributed by atoms with Crippen LogP contribution in [0.4, 0.5) is 0 Å². The molecule has 0 fully saturated rings. The molecular formula is C52H30N4O2. The molecule has 6 heteroatoms. The van der Waals surface area contributed by atoms with Crippen molar-refractivity contribution in [2.75, 3.05) is 0 Å². The zero-order chi connectivity index (χ0) is 38.2. The number of hydrogen-bond acceptors (Lipinski definition) is 6. The summed E-state index contributed by atoms with van der Waals surface area (Å²) in [4.78, 5) is 20.3. The lowest BCUT2D eigenvalue weighted by atomic mass is 9.93. The summed E-state index contributed by atoms with van der Waals surface area (Å²) < 4.78 is 12.4. The first-order chi connectivity index (χ1) is 28.7. The van der Waals surface area contributed by atoms with Crippen molar-refractivity contribution in [1.82, 2.24) is 19.9 Å². The third kappa shape index (κ3) is 5.34. The highest BCUT2D eigenvalue weighted by Gasteiger charge is 2.17. The number of aromatic nitrogens is 4. The molecule has 0 unspecified atom stereocenters. The molecule has 0 amide bonds. The Kier molecular flexibility index (Phi) is 7.13. The predicted octanol–water partition coefficient (Wildman–Crippen LogP) is 13.7. The zero-order valence-corrected chi connectivity index (χ0v) is 30.9. The third-order valence-electron chi connectivity index (χ3n) is 11.1. The fourth-order valence-corrected chi connectivity index (χ4v) is 8.23. The van der Waals surface area contributed by atoms with Gasteiger partial charge in [0.2, 0.25) is 0 Å². The van der Waals surface area contributed by atoms with Crippen LogP contribution in [0.5, 0.6) is 0 Å². The average Bonchev–Trinajstić information content (AvgIpc) is 3.86. The Balaban J connectivity index is 1.09. The molecule has 0 aliphatic carbocycles. The van der Waals surface area contributed by atoms with Gasteiger partial charge >= 0.3 is 0 Å². The van der Waals surface area contributed by atoms with E-state index >= 15 is 0 Å². The lowest BCUT2D eigenvalue weighted by molar-refractivity contribution is 0.668. The molecule has 12 aromatic rings. The molecule has 0 aliphatic rings. The normalized spacial score (nSPS) is 11.8. The summed E-state index contributed by atoms with van der Waals surface area (Å²) in [6.45, 7) is 0. The number of nitrogens with zero attached hydrogens (tertiary/aromatic N) is 4. The number of furan rings is 2. The van der Waals surface area contributed by atoms with Gasteiger partial charge in [0.25, 0.3) is 0 Å². The van der Waals surface area contributed by atoms with Gasteiger partial charge in [0.05, 0.1) is 28.1 Å². The first-order valence-corrected chi connectivity index (χ1v) is 19.3. The van der Waals surface area contributed by atoms with Crippen LogP contribution in [-0.2, 0) is 0 Å². The topological polar surface area (TPSA) is 77.8 Å². The van der Waals surface area contributed by atoms with E-state index < -0.39 is 0 Å². The van der Waals surface area contributed by atoms with Crippen molar-refractivity contribution in [3.63, 3.8) is 0 Å². The van der Waals surface area contributed by atoms with E-state index in [2.05, 4.69) is 109 Å². The molecule has 0 atom stereocenters. The molecule has 0 saturated heterocycles. The molecule has 58 heavy (non-hydrogen) atoms. The van der Waals surface area contributed by atoms with Gasteiger partial charge in [-0.2, -0.15) is 0 Å². The Bertz CT molecular complexity index is 3450. The Morgan fingerprint density at radius 3 is 1.57 bits per heavy atom. The van der Waals surface area contributed by atoms with Crippen molar-refractivity contribution >= 4 is 65.7 Å². The zero-order valence-electron chi connectivity index (χ0n) is 30.9. The van der Waals surface area contributed by atoms with Gasteiger partial charge in [0.15, 0.2) is 5.82 Å². The second-order valence-corrected chi connectivity index (χ2v) is 14.7. The van der Waals surface area contributed by atoms with E-state index in [1.807, 2.05) is 72.9 Å². The average molecular weight is 743 g/mol. The summed E-state index contributed by atoms with van der Waals surface area (Å²) >= 11 is 0. The number of benzene rings is 7. The number of rotatable bonds is 5. The van der Waals surface area contributed by atoms with Crippen molar-refractivity contribution in [1.29, 1.82) is 0 Å². The molecule has 0 N–H and O–H groups in total. The second-order valence-electron chi connectivity index (χ2n) is 14.7. The molecule has 7 aromatic carbocycles. The molecule has 5 heterocycles. The second kappa shape index (κ2) is 12.8. The summed E-state index contributed by atoms with van der Waals surface area (Å²) in [5.41, 5.74) is 13.6. The van der Waals surface area contributed by atoms with E-state index in [0.717, 1.165) is 116 Å². The fraction of sp³-hybridized carbons (Fsp3) is 0. The summed E-state index contributed by atoms with van der Waals surface area (Å²) in [7, 11) is 0. The smallest absolute Gasteiger partial charge is 0.160 e. The van der Waals surface area contributed by atoms with Crippen LogP contribution in [0.1, 0.15) is 0 Å². The van der Waals surface area contributed by atoms with Gasteiger partial charge in [-0.1, -0.05) is 103 Å². The van der Waals surface area contributed by atoms with Crippen molar-refractivity contribution in [3.05, 3.63) is 182 Å². The number of fused-ring (bicyclic) bond motifs is 9. The van der Waals surface area contributed by atoms with E-state index in [1.165, 1.54) is 0 Å². The van der Waals surface area contributed by atoms with Crippen LogP contribution in [0.3, 0.4) is 0 Å². The molecule has 270 valence electrons. The van der Waals surface area contributed by atoms with Crippen LogP contribution >= 0.6 is 0 Å². The molecular weight excluding hydrogens is 713 g/mol. The maximum atomic E-state index is 6.22. The molecule has 0 spiro atoms. The molecule has 0 saturated carbocycles. The minimum absolute atomic E-state index is 0.621. The Hall–Kier alpha value is -7.96. The van der Waals surface area contributed by atoms with Crippen LogP contribution in [0.2, 0.25) is 0 Å². The van der Waals surface area contributed by atoms with Gasteiger partial charge in [-0.05, 0) is 95.1 Å². The summed E-state index contributed by atoms with van der Waals surface area (Å²) in [6, 6.07) is 60.5. The van der Waals surface area contributed by atoms with Crippen molar-refractivity contribution in [2.45, 2.75) is 0 Å². The first kappa shape index (κ1) is 32.3. The Morgan fingerprint density at radius 2 is 0.879 bits per heavy atom. The predicted molar refractivity (Wildman–Crippen MR) is 234 cm³/mol. The van der Waals surface area contributed by atoms with Crippen molar-refractivity contribution < 1.29 is 8.83 Å². The van der Waals surface area contributed by atoms with E-state index in [9.17, 15) is 0 Å². The number of para-hydroxylation sites is 2. The van der Waals surface area contributed by atoms with Crippen LogP contribution in [-0.4, -0.2) is 19.9 Å². The Labute approximate surface area is 331 Å². The van der Waals surface area contributed by atoms with Crippen molar-refractivity contribution in [3.8, 4) is 56.3 Å². The van der Waals surface area contributed by atoms with Crippen LogP contribution < -0.4 is 0 Å². The summed E-state index contributed by atoms with van der Waals surface area (Å²) in [6.07, 6.45) is 1.82. The minimum Gasteiger partial charge on any atom is -0.456 e. The van der Waals surface area contributed by atoms with Crippen LogP contribution in [0.25, 0.3) is 122 Å². The SMILES string of the molecule is c1ccc(-c2nc(-c3cc(-c4ccc5oc6ccccc6c5c4)cc(-c4ccc5oc6ccccc6c5c4)c3)cc(-c3ccc4ccc5cccnc5c4n3)n2)cc1. The van der Waals surface area contributed by atoms with E-state index in [-0.39, 0.29) is 0 Å². The monoisotopic (exact) mass is 742 g/mol. The number of hydrogen-bond donors (Lipinski definition) is 0. The number of pyridine rings is 2. The first-order valence-electron chi connectivity index (χ1n) is 19.3. The largest absolute Gasteiger partial charge is 0.456 e. The standard InChI is InChI=1S/C52H30N4O2/c1-2-9-33(10-3-1)52-55-44(30-45(56-52)43-21-18-32-17-16-31-11-8-24-53-50(31)51(32)54-43)38-26-36(34-19-22-48-41(28-34)39-12-4-6-14-46(39)57-48)25-37(27-38)35-20-23-49-42(29-35)40-13-5-7-15-47(40)58-49/h1-30H. The van der Waals surface area contributed by atoms with E-state index in [1.54, 1.807) is 0 Å². The van der Waals surface area contributed by atoms with Gasteiger partial charge in [0, 0.05) is 49.6 Å². The van der Waals surface area contributed by atoms with Gasteiger partial charge in [-0.15, -0.1) is 0 Å². The lowest BCUT2D eigenvalue weighted by Crippen LogP contribution is -1.98. The maximum absolute atomic E-state index is 6.22.